The maximum atomic E-state index is 12.7. The van der Waals surface area contributed by atoms with Crippen LogP contribution >= 0.6 is 11.3 Å². The van der Waals surface area contributed by atoms with E-state index in [-0.39, 0.29) is 23.5 Å². The number of hydrogen-bond donors (Lipinski definition) is 1. The van der Waals surface area contributed by atoms with Crippen molar-refractivity contribution < 1.29 is 18.8 Å². The van der Waals surface area contributed by atoms with Crippen molar-refractivity contribution in [3.05, 3.63) is 51.4 Å². The third-order valence-electron chi connectivity index (χ3n) is 4.94. The molecule has 1 N–H and O–H groups in total. The number of rotatable bonds is 5. The molecule has 3 aromatic heterocycles. The van der Waals surface area contributed by atoms with Crippen molar-refractivity contribution in [2.45, 2.75) is 19.4 Å². The van der Waals surface area contributed by atoms with Crippen molar-refractivity contribution in [3.63, 3.8) is 0 Å². The zero-order valence-electron chi connectivity index (χ0n) is 16.2. The summed E-state index contributed by atoms with van der Waals surface area (Å²) in [4.78, 5) is 32.6. The van der Waals surface area contributed by atoms with Crippen LogP contribution in [0.25, 0.3) is 0 Å². The van der Waals surface area contributed by atoms with E-state index in [9.17, 15) is 9.59 Å². The minimum atomic E-state index is -0.234. The van der Waals surface area contributed by atoms with E-state index in [1.807, 2.05) is 29.1 Å². The first-order valence-electron chi connectivity index (χ1n) is 9.22. The molecule has 0 bridgehead atoms. The molecule has 1 aliphatic rings. The van der Waals surface area contributed by atoms with E-state index in [4.69, 9.17) is 9.26 Å². The first-order chi connectivity index (χ1) is 14.1. The SMILES string of the molecule is COc1cc(C(=O)N2CCc3nc(C(=O)NCc4cccs4)n(C)c3CC2)on1. The molecule has 2 amide bonds. The molecule has 3 aromatic rings. The fraction of sp³-hybridized carbons (Fsp3) is 0.368. The van der Waals surface area contributed by atoms with Crippen LogP contribution in [0.4, 0.5) is 0 Å². The summed E-state index contributed by atoms with van der Waals surface area (Å²) in [6.45, 7) is 1.48. The Morgan fingerprint density at radius 2 is 2.17 bits per heavy atom. The van der Waals surface area contributed by atoms with Crippen LogP contribution in [0.3, 0.4) is 0 Å². The summed E-state index contributed by atoms with van der Waals surface area (Å²) in [5, 5.41) is 8.57. The zero-order valence-corrected chi connectivity index (χ0v) is 17.0. The normalized spacial score (nSPS) is 13.7. The van der Waals surface area contributed by atoms with E-state index < -0.39 is 0 Å². The lowest BCUT2D eigenvalue weighted by Gasteiger charge is -2.18. The largest absolute Gasteiger partial charge is 0.479 e. The van der Waals surface area contributed by atoms with E-state index >= 15 is 0 Å². The van der Waals surface area contributed by atoms with Crippen molar-refractivity contribution in [1.29, 1.82) is 0 Å². The second-order valence-corrected chi connectivity index (χ2v) is 7.71. The van der Waals surface area contributed by atoms with Gasteiger partial charge in [0.2, 0.25) is 5.76 Å². The van der Waals surface area contributed by atoms with Gasteiger partial charge in [-0.25, -0.2) is 4.98 Å². The maximum absolute atomic E-state index is 12.7. The number of imidazole rings is 1. The Balaban J connectivity index is 1.43. The minimum absolute atomic E-state index is 0.148. The second-order valence-electron chi connectivity index (χ2n) is 6.68. The molecule has 0 atom stereocenters. The average Bonchev–Trinajstić information content (AvgIpc) is 3.44. The summed E-state index contributed by atoms with van der Waals surface area (Å²) in [5.74, 6) is 0.380. The summed E-state index contributed by atoms with van der Waals surface area (Å²) in [5.41, 5.74) is 1.82. The van der Waals surface area contributed by atoms with Gasteiger partial charge in [-0.2, -0.15) is 0 Å². The van der Waals surface area contributed by atoms with Gasteiger partial charge >= 0.3 is 0 Å². The molecule has 4 heterocycles. The van der Waals surface area contributed by atoms with Crippen LogP contribution in [0.2, 0.25) is 0 Å². The van der Waals surface area contributed by atoms with E-state index in [2.05, 4.69) is 15.5 Å². The second kappa shape index (κ2) is 8.08. The molecule has 0 saturated carbocycles. The topological polar surface area (TPSA) is 102 Å². The highest BCUT2D eigenvalue weighted by atomic mass is 32.1. The van der Waals surface area contributed by atoms with Crippen molar-refractivity contribution in [1.82, 2.24) is 24.9 Å². The maximum Gasteiger partial charge on any atom is 0.292 e. The Labute approximate surface area is 171 Å². The average molecular weight is 415 g/mol. The van der Waals surface area contributed by atoms with Crippen molar-refractivity contribution in [3.8, 4) is 5.88 Å². The van der Waals surface area contributed by atoms with Gasteiger partial charge in [0.15, 0.2) is 5.82 Å². The predicted octanol–water partition coefficient (Wildman–Crippen LogP) is 1.65. The molecule has 0 spiro atoms. The molecule has 0 fully saturated rings. The third kappa shape index (κ3) is 3.88. The van der Waals surface area contributed by atoms with Gasteiger partial charge in [0.1, 0.15) is 0 Å². The lowest BCUT2D eigenvalue weighted by Crippen LogP contribution is -2.33. The number of nitrogens with zero attached hydrogens (tertiary/aromatic N) is 4. The van der Waals surface area contributed by atoms with Crippen LogP contribution in [0.15, 0.2) is 28.1 Å². The Morgan fingerprint density at radius 3 is 2.90 bits per heavy atom. The molecule has 0 saturated heterocycles. The Bertz CT molecular complexity index is 1020. The van der Waals surface area contributed by atoms with Gasteiger partial charge in [0, 0.05) is 43.5 Å². The number of thiophene rings is 1. The molecule has 10 heteroatoms. The molecule has 9 nitrogen and oxygen atoms in total. The number of hydrogen-bond acceptors (Lipinski definition) is 7. The van der Waals surface area contributed by atoms with Crippen LogP contribution in [0.1, 0.15) is 37.4 Å². The van der Waals surface area contributed by atoms with Crippen molar-refractivity contribution >= 4 is 23.2 Å². The molecule has 0 aromatic carbocycles. The van der Waals surface area contributed by atoms with Gasteiger partial charge in [-0.05, 0) is 16.6 Å². The Kier molecular flexibility index (Phi) is 5.34. The van der Waals surface area contributed by atoms with Gasteiger partial charge < -0.3 is 24.0 Å². The Hall–Kier alpha value is -3.14. The minimum Gasteiger partial charge on any atom is -0.479 e. The number of ether oxygens (including phenoxy) is 1. The number of carbonyl (C=O) groups is 2. The summed E-state index contributed by atoms with van der Waals surface area (Å²) in [6.07, 6.45) is 1.17. The number of aromatic nitrogens is 3. The van der Waals surface area contributed by atoms with Gasteiger partial charge in [-0.15, -0.1) is 11.3 Å². The van der Waals surface area contributed by atoms with Gasteiger partial charge in [-0.1, -0.05) is 6.07 Å². The van der Waals surface area contributed by atoms with Gasteiger partial charge in [0.05, 0.1) is 25.4 Å². The first-order valence-corrected chi connectivity index (χ1v) is 10.1. The number of nitrogens with one attached hydrogen (secondary N) is 1. The van der Waals surface area contributed by atoms with Gasteiger partial charge in [0.25, 0.3) is 17.7 Å². The fourth-order valence-corrected chi connectivity index (χ4v) is 4.02. The lowest BCUT2D eigenvalue weighted by molar-refractivity contribution is 0.0719. The summed E-state index contributed by atoms with van der Waals surface area (Å²) < 4.78 is 11.9. The van der Waals surface area contributed by atoms with Crippen LogP contribution in [-0.2, 0) is 26.4 Å². The van der Waals surface area contributed by atoms with Crippen LogP contribution < -0.4 is 10.1 Å². The summed E-state index contributed by atoms with van der Waals surface area (Å²) >= 11 is 1.60. The standard InChI is InChI=1S/C19H21N5O4S/c1-23-14-6-8-24(19(26)15-10-16(27-2)22-28-15)7-5-13(14)21-17(23)18(25)20-11-12-4-3-9-29-12/h3-4,9-10H,5-8,11H2,1-2H3,(H,20,25). The molecular weight excluding hydrogens is 394 g/mol. The zero-order chi connectivity index (χ0) is 20.4. The monoisotopic (exact) mass is 415 g/mol. The molecule has 0 unspecified atom stereocenters. The van der Waals surface area contributed by atoms with E-state index in [0.717, 1.165) is 16.3 Å². The lowest BCUT2D eigenvalue weighted by atomic mass is 10.2. The predicted molar refractivity (Wildman–Crippen MR) is 105 cm³/mol. The van der Waals surface area contributed by atoms with Crippen LogP contribution in [0, 0.1) is 0 Å². The van der Waals surface area contributed by atoms with E-state index in [0.29, 0.717) is 38.3 Å². The molecule has 1 aliphatic heterocycles. The molecule has 152 valence electrons. The van der Waals surface area contributed by atoms with E-state index in [1.165, 1.54) is 13.2 Å². The van der Waals surface area contributed by atoms with Crippen molar-refractivity contribution in [2.24, 2.45) is 7.05 Å². The molecular formula is C19H21N5O4S. The number of fused-ring (bicyclic) bond motifs is 1. The van der Waals surface area contributed by atoms with Crippen LogP contribution in [-0.4, -0.2) is 51.6 Å². The summed E-state index contributed by atoms with van der Waals surface area (Å²) in [7, 11) is 3.30. The number of amides is 2. The Morgan fingerprint density at radius 1 is 1.34 bits per heavy atom. The molecule has 4 rings (SSSR count). The third-order valence-corrected chi connectivity index (χ3v) is 5.81. The number of carbonyl (C=O) groups excluding carboxylic acids is 2. The molecule has 0 aliphatic carbocycles. The quantitative estimate of drug-likeness (QED) is 0.680. The highest BCUT2D eigenvalue weighted by Crippen LogP contribution is 2.20. The molecule has 0 radical (unpaired) electrons. The first kappa shape index (κ1) is 19.2. The van der Waals surface area contributed by atoms with Gasteiger partial charge in [-0.3, -0.25) is 9.59 Å². The highest BCUT2D eigenvalue weighted by Gasteiger charge is 2.27. The highest BCUT2D eigenvalue weighted by molar-refractivity contribution is 7.09. The molecule has 29 heavy (non-hydrogen) atoms. The van der Waals surface area contributed by atoms with Crippen molar-refractivity contribution in [2.75, 3.05) is 20.2 Å². The fourth-order valence-electron chi connectivity index (χ4n) is 3.37. The number of methoxy groups -OCH3 is 1. The van der Waals surface area contributed by atoms with E-state index in [1.54, 1.807) is 16.2 Å². The summed E-state index contributed by atoms with van der Waals surface area (Å²) in [6, 6.07) is 5.42. The smallest absolute Gasteiger partial charge is 0.292 e. The van der Waals surface area contributed by atoms with Crippen LogP contribution in [0.5, 0.6) is 5.88 Å².